The molecule has 0 saturated heterocycles. The number of unbranched alkanes of at least 4 members (excludes halogenated alkanes) is 4. The zero-order valence-electron chi connectivity index (χ0n) is 16.1. The van der Waals surface area contributed by atoms with E-state index in [1.54, 1.807) is 12.1 Å². The smallest absolute Gasteiger partial charge is 0.335 e. The minimum Gasteiger partial charge on any atom is -0.478 e. The van der Waals surface area contributed by atoms with Gasteiger partial charge in [-0.05, 0) is 61.8 Å². The van der Waals surface area contributed by atoms with Gasteiger partial charge in [-0.3, -0.25) is 0 Å². The molecular weight excluding hydrogens is 368 g/mol. The van der Waals surface area contributed by atoms with E-state index in [-0.39, 0.29) is 24.7 Å². The van der Waals surface area contributed by atoms with Crippen molar-refractivity contribution in [3.8, 4) is 0 Å². The van der Waals surface area contributed by atoms with Crippen LogP contribution in [0, 0.1) is 0 Å². The number of aliphatic hydroxyl groups excluding tert-OH is 2. The molecule has 0 radical (unpaired) electrons. The second-order valence-corrected chi connectivity index (χ2v) is 6.48. The van der Waals surface area contributed by atoms with Crippen molar-refractivity contribution in [2.24, 2.45) is 0 Å². The molecule has 0 fully saturated rings. The van der Waals surface area contributed by atoms with Crippen LogP contribution < -0.4 is 0 Å². The Morgan fingerprint density at radius 1 is 0.714 bits per heavy atom. The molecule has 4 N–H and O–H groups in total. The van der Waals surface area contributed by atoms with Gasteiger partial charge in [0, 0.05) is 13.2 Å². The van der Waals surface area contributed by atoms with Crippen LogP contribution in [0.5, 0.6) is 0 Å². The molecule has 1 aromatic rings. The van der Waals surface area contributed by atoms with Crippen molar-refractivity contribution in [2.45, 2.75) is 51.4 Å². The van der Waals surface area contributed by atoms with Gasteiger partial charge in [-0.2, -0.15) is 0 Å². The van der Waals surface area contributed by atoms with Crippen molar-refractivity contribution < 1.29 is 39.5 Å². The number of aliphatic hydroxyl groups is 2. The highest BCUT2D eigenvalue weighted by Gasteiger charge is 2.19. The number of carboxylic acid groups (broad SMARTS) is 2. The number of carboxylic acids is 2. The third-order valence-electron chi connectivity index (χ3n) is 4.42. The summed E-state index contributed by atoms with van der Waals surface area (Å²) in [6, 6.07) is 3.15. The zero-order chi connectivity index (χ0) is 20.8. The van der Waals surface area contributed by atoms with Gasteiger partial charge in [-0.15, -0.1) is 0 Å². The first-order chi connectivity index (χ1) is 13.5. The lowest BCUT2D eigenvalue weighted by molar-refractivity contribution is -0.00310. The maximum atomic E-state index is 11.7. The number of benzene rings is 1. The lowest BCUT2D eigenvalue weighted by atomic mass is 9.91. The van der Waals surface area contributed by atoms with Crippen LogP contribution in [-0.2, 0) is 22.3 Å². The maximum absolute atomic E-state index is 11.7. The number of ether oxygens (including phenoxy) is 2. The number of carbonyl (C=O) groups is 2. The molecular formula is C20H30O8. The third kappa shape index (κ3) is 8.79. The van der Waals surface area contributed by atoms with Crippen LogP contribution in [-0.4, -0.2) is 59.2 Å². The van der Waals surface area contributed by atoms with Crippen molar-refractivity contribution in [3.63, 3.8) is 0 Å². The van der Waals surface area contributed by atoms with E-state index in [9.17, 15) is 19.8 Å². The molecule has 8 heteroatoms. The molecule has 8 nitrogen and oxygen atoms in total. The fourth-order valence-electron chi connectivity index (χ4n) is 3.05. The number of aromatic carboxylic acids is 2. The third-order valence-corrected chi connectivity index (χ3v) is 4.42. The van der Waals surface area contributed by atoms with E-state index in [0.29, 0.717) is 50.0 Å². The van der Waals surface area contributed by atoms with Crippen LogP contribution in [0.25, 0.3) is 0 Å². The van der Waals surface area contributed by atoms with Crippen molar-refractivity contribution in [2.75, 3.05) is 26.8 Å². The molecule has 0 heterocycles. The lowest BCUT2D eigenvalue weighted by Crippen LogP contribution is -2.12. The van der Waals surface area contributed by atoms with Gasteiger partial charge < -0.3 is 29.9 Å². The molecule has 0 aromatic heterocycles. The molecule has 0 bridgehead atoms. The van der Waals surface area contributed by atoms with Crippen molar-refractivity contribution in [3.05, 3.63) is 34.4 Å². The van der Waals surface area contributed by atoms with Gasteiger partial charge in [0.05, 0.1) is 11.1 Å². The SMILES string of the molecule is O=C(O)c1cc(CCCCCOCO)cc(C(=O)O)c1CCCCCOCO. The van der Waals surface area contributed by atoms with Crippen LogP contribution in [0.3, 0.4) is 0 Å². The normalized spacial score (nSPS) is 10.9. The molecule has 0 amide bonds. The van der Waals surface area contributed by atoms with Crippen molar-refractivity contribution in [1.29, 1.82) is 0 Å². The average Bonchev–Trinajstić information content (AvgIpc) is 2.67. The summed E-state index contributed by atoms with van der Waals surface area (Å²) < 4.78 is 9.69. The van der Waals surface area contributed by atoms with Crippen molar-refractivity contribution in [1.82, 2.24) is 0 Å². The number of rotatable bonds is 16. The highest BCUT2D eigenvalue weighted by atomic mass is 16.6. The highest BCUT2D eigenvalue weighted by Crippen LogP contribution is 2.23. The Kier molecular flexibility index (Phi) is 12.1. The van der Waals surface area contributed by atoms with Gasteiger partial charge >= 0.3 is 11.9 Å². The first-order valence-corrected chi connectivity index (χ1v) is 9.50. The Labute approximate surface area is 164 Å². The Bertz CT molecular complexity index is 579. The van der Waals surface area contributed by atoms with E-state index in [1.165, 1.54) is 0 Å². The number of aryl methyl sites for hydroxylation is 1. The van der Waals surface area contributed by atoms with Gasteiger partial charge in [0.1, 0.15) is 13.6 Å². The Morgan fingerprint density at radius 2 is 1.18 bits per heavy atom. The highest BCUT2D eigenvalue weighted by molar-refractivity contribution is 5.97. The minimum absolute atomic E-state index is 0.0464. The van der Waals surface area contributed by atoms with E-state index in [4.69, 9.17) is 19.7 Å². The van der Waals surface area contributed by atoms with Gasteiger partial charge in [0.25, 0.3) is 0 Å². The largest absolute Gasteiger partial charge is 0.478 e. The molecule has 0 aliphatic carbocycles. The van der Waals surface area contributed by atoms with E-state index >= 15 is 0 Å². The molecule has 28 heavy (non-hydrogen) atoms. The first kappa shape index (κ1) is 24.0. The lowest BCUT2D eigenvalue weighted by Gasteiger charge is -2.13. The number of hydrogen-bond donors (Lipinski definition) is 4. The minimum atomic E-state index is -1.13. The average molecular weight is 398 g/mol. The summed E-state index contributed by atoms with van der Waals surface area (Å²) in [5.41, 5.74) is 1.14. The number of hydrogen-bond acceptors (Lipinski definition) is 6. The van der Waals surface area contributed by atoms with Gasteiger partial charge in [0.2, 0.25) is 0 Å². The summed E-state index contributed by atoms with van der Waals surface area (Å²) >= 11 is 0. The van der Waals surface area contributed by atoms with Crippen LogP contribution >= 0.6 is 0 Å². The second kappa shape index (κ2) is 14.1. The fourth-order valence-corrected chi connectivity index (χ4v) is 3.05. The van der Waals surface area contributed by atoms with Crippen LogP contribution in [0.4, 0.5) is 0 Å². The monoisotopic (exact) mass is 398 g/mol. The van der Waals surface area contributed by atoms with E-state index in [1.807, 2.05) is 0 Å². The summed E-state index contributed by atoms with van der Waals surface area (Å²) in [5.74, 6) is -2.25. The van der Waals surface area contributed by atoms with E-state index in [0.717, 1.165) is 25.7 Å². The topological polar surface area (TPSA) is 134 Å². The molecule has 0 unspecified atom stereocenters. The molecule has 0 spiro atoms. The second-order valence-electron chi connectivity index (χ2n) is 6.48. The molecule has 1 aromatic carbocycles. The zero-order valence-corrected chi connectivity index (χ0v) is 16.1. The standard InChI is InChI=1S/C20H30O8/c21-13-27-9-5-1-3-7-15-11-17(19(23)24)16(18(12-15)20(25)26)8-4-2-6-10-28-14-22/h11-12,21-22H,1-10,13-14H2,(H,23,24)(H,25,26). The van der Waals surface area contributed by atoms with Gasteiger partial charge in [-0.1, -0.05) is 12.8 Å². The van der Waals surface area contributed by atoms with Crippen molar-refractivity contribution >= 4 is 11.9 Å². The molecule has 0 saturated carbocycles. The van der Waals surface area contributed by atoms with Crippen LogP contribution in [0.2, 0.25) is 0 Å². The summed E-state index contributed by atoms with van der Waals surface area (Å²) in [5, 5.41) is 36.2. The summed E-state index contributed by atoms with van der Waals surface area (Å²) in [6.45, 7) is 0.234. The molecule has 0 atom stereocenters. The van der Waals surface area contributed by atoms with E-state index in [2.05, 4.69) is 0 Å². The Morgan fingerprint density at radius 3 is 1.61 bits per heavy atom. The fraction of sp³-hybridized carbons (Fsp3) is 0.600. The van der Waals surface area contributed by atoms with Crippen LogP contribution in [0.1, 0.15) is 70.4 Å². The summed E-state index contributed by atoms with van der Waals surface area (Å²) in [7, 11) is 0. The van der Waals surface area contributed by atoms with Gasteiger partial charge in [-0.25, -0.2) is 9.59 Å². The predicted molar refractivity (Wildman–Crippen MR) is 102 cm³/mol. The first-order valence-electron chi connectivity index (χ1n) is 9.50. The molecule has 0 aliphatic rings. The van der Waals surface area contributed by atoms with Crippen LogP contribution in [0.15, 0.2) is 12.1 Å². The molecule has 158 valence electrons. The quantitative estimate of drug-likeness (QED) is 0.246. The van der Waals surface area contributed by atoms with E-state index < -0.39 is 11.9 Å². The predicted octanol–water partition coefficient (Wildman–Crippen LogP) is 2.44. The Balaban J connectivity index is 2.78. The Hall–Kier alpha value is -2.00. The molecule has 0 aliphatic heterocycles. The molecule has 1 rings (SSSR count). The van der Waals surface area contributed by atoms with Gasteiger partial charge in [0.15, 0.2) is 0 Å². The maximum Gasteiger partial charge on any atom is 0.335 e. The summed E-state index contributed by atoms with van der Waals surface area (Å²) in [6.07, 6.45) is 5.42. The summed E-state index contributed by atoms with van der Waals surface area (Å²) in [4.78, 5) is 23.4.